The van der Waals surface area contributed by atoms with E-state index in [-0.39, 0.29) is 6.29 Å². The van der Waals surface area contributed by atoms with Gasteiger partial charge in [-0.25, -0.2) is 0 Å². The molecule has 2 nitrogen and oxygen atoms in total. The summed E-state index contributed by atoms with van der Waals surface area (Å²) < 4.78 is 10.3. The van der Waals surface area contributed by atoms with Gasteiger partial charge in [0.05, 0.1) is 0 Å². The molecule has 13 heavy (non-hydrogen) atoms. The monoisotopic (exact) mass is 188 g/mol. The number of rotatable bonds is 5. The van der Waals surface area contributed by atoms with Gasteiger partial charge in [0.25, 0.3) is 0 Å². The standard InChI is InChI=1S/C11H24O2/c1-9(8-11(2,3)4)7-10(12-5)13-6/h9-10H,7-8H2,1-6H3/t9-/m0/s1. The van der Waals surface area contributed by atoms with Crippen LogP contribution >= 0.6 is 0 Å². The van der Waals surface area contributed by atoms with E-state index in [1.54, 1.807) is 14.2 Å². The summed E-state index contributed by atoms with van der Waals surface area (Å²) in [4.78, 5) is 0. The molecule has 0 N–H and O–H groups in total. The Balaban J connectivity index is 3.79. The van der Waals surface area contributed by atoms with Crippen LogP contribution in [0.25, 0.3) is 0 Å². The highest BCUT2D eigenvalue weighted by molar-refractivity contribution is 4.67. The van der Waals surface area contributed by atoms with Crippen LogP contribution < -0.4 is 0 Å². The van der Waals surface area contributed by atoms with E-state index in [0.29, 0.717) is 11.3 Å². The fourth-order valence-corrected chi connectivity index (χ4v) is 1.75. The molecule has 0 fully saturated rings. The highest BCUT2D eigenvalue weighted by Crippen LogP contribution is 2.27. The molecule has 0 saturated carbocycles. The van der Waals surface area contributed by atoms with Gasteiger partial charge in [-0.2, -0.15) is 0 Å². The highest BCUT2D eigenvalue weighted by Gasteiger charge is 2.18. The summed E-state index contributed by atoms with van der Waals surface area (Å²) in [7, 11) is 3.38. The van der Waals surface area contributed by atoms with Gasteiger partial charge >= 0.3 is 0 Å². The molecule has 0 unspecified atom stereocenters. The molecule has 0 heterocycles. The molecule has 0 aliphatic rings. The van der Waals surface area contributed by atoms with Crippen LogP contribution in [0.3, 0.4) is 0 Å². The third-order valence-electron chi connectivity index (χ3n) is 2.08. The summed E-state index contributed by atoms with van der Waals surface area (Å²) in [6.07, 6.45) is 2.14. The molecule has 0 radical (unpaired) electrons. The number of hydrogen-bond acceptors (Lipinski definition) is 2. The van der Waals surface area contributed by atoms with Gasteiger partial charge in [-0.1, -0.05) is 27.7 Å². The predicted octanol–water partition coefficient (Wildman–Crippen LogP) is 3.07. The van der Waals surface area contributed by atoms with E-state index in [1.807, 2.05) is 0 Å². The zero-order chi connectivity index (χ0) is 10.5. The maximum absolute atomic E-state index is 5.16. The number of methoxy groups -OCH3 is 2. The van der Waals surface area contributed by atoms with Crippen molar-refractivity contribution in [2.24, 2.45) is 11.3 Å². The van der Waals surface area contributed by atoms with E-state index in [9.17, 15) is 0 Å². The highest BCUT2D eigenvalue weighted by atomic mass is 16.7. The van der Waals surface area contributed by atoms with Crippen LogP contribution in [0.1, 0.15) is 40.5 Å². The second-order valence-corrected chi connectivity index (χ2v) is 5.01. The van der Waals surface area contributed by atoms with Crippen molar-refractivity contribution >= 4 is 0 Å². The van der Waals surface area contributed by atoms with Crippen LogP contribution in [0.4, 0.5) is 0 Å². The Bertz CT molecular complexity index is 123. The van der Waals surface area contributed by atoms with Crippen LogP contribution in [0.2, 0.25) is 0 Å². The van der Waals surface area contributed by atoms with E-state index in [1.165, 1.54) is 6.42 Å². The average molecular weight is 188 g/mol. The third kappa shape index (κ3) is 7.03. The summed E-state index contributed by atoms with van der Waals surface area (Å²) in [6.45, 7) is 9.03. The summed E-state index contributed by atoms with van der Waals surface area (Å²) >= 11 is 0. The van der Waals surface area contributed by atoms with Crippen LogP contribution in [0.15, 0.2) is 0 Å². The Morgan fingerprint density at radius 2 is 1.54 bits per heavy atom. The lowest BCUT2D eigenvalue weighted by atomic mass is 9.84. The normalized spacial score (nSPS) is 15.0. The van der Waals surface area contributed by atoms with Crippen LogP contribution in [0.5, 0.6) is 0 Å². The van der Waals surface area contributed by atoms with Crippen LogP contribution in [-0.2, 0) is 9.47 Å². The molecule has 2 heteroatoms. The molecular formula is C11H24O2. The Hall–Kier alpha value is -0.0800. The van der Waals surface area contributed by atoms with E-state index in [4.69, 9.17) is 9.47 Å². The average Bonchev–Trinajstić information content (AvgIpc) is 1.96. The minimum absolute atomic E-state index is 0.0441. The van der Waals surface area contributed by atoms with Gasteiger partial charge in [0.1, 0.15) is 0 Å². The molecule has 0 saturated heterocycles. The first-order valence-corrected chi connectivity index (χ1v) is 4.94. The number of hydrogen-bond donors (Lipinski definition) is 0. The summed E-state index contributed by atoms with van der Waals surface area (Å²) in [5, 5.41) is 0. The zero-order valence-corrected chi connectivity index (χ0v) is 9.89. The molecule has 1 atom stereocenters. The fourth-order valence-electron chi connectivity index (χ4n) is 1.75. The van der Waals surface area contributed by atoms with Crippen LogP contribution in [-0.4, -0.2) is 20.5 Å². The van der Waals surface area contributed by atoms with Gasteiger partial charge in [-0.3, -0.25) is 0 Å². The van der Waals surface area contributed by atoms with Crippen molar-refractivity contribution in [3.05, 3.63) is 0 Å². The van der Waals surface area contributed by atoms with E-state index in [2.05, 4.69) is 27.7 Å². The zero-order valence-electron chi connectivity index (χ0n) is 9.89. The Labute approximate surface area is 82.6 Å². The van der Waals surface area contributed by atoms with Gasteiger partial charge in [-0.05, 0) is 17.8 Å². The van der Waals surface area contributed by atoms with E-state index < -0.39 is 0 Å². The minimum Gasteiger partial charge on any atom is -0.356 e. The molecule has 0 aliphatic heterocycles. The predicted molar refractivity (Wildman–Crippen MR) is 55.7 cm³/mol. The molecule has 0 aromatic carbocycles. The fraction of sp³-hybridized carbons (Fsp3) is 1.00. The molecule has 0 amide bonds. The second kappa shape index (κ2) is 5.61. The molecular weight excluding hydrogens is 164 g/mol. The van der Waals surface area contributed by atoms with Crippen molar-refractivity contribution in [1.29, 1.82) is 0 Å². The van der Waals surface area contributed by atoms with Crippen molar-refractivity contribution < 1.29 is 9.47 Å². The Morgan fingerprint density at radius 3 is 1.85 bits per heavy atom. The van der Waals surface area contributed by atoms with Crippen molar-refractivity contribution in [2.45, 2.75) is 46.8 Å². The minimum atomic E-state index is -0.0441. The quantitative estimate of drug-likeness (QED) is 0.617. The maximum Gasteiger partial charge on any atom is 0.157 e. The lowest BCUT2D eigenvalue weighted by Gasteiger charge is -2.25. The van der Waals surface area contributed by atoms with Crippen molar-refractivity contribution in [1.82, 2.24) is 0 Å². The summed E-state index contributed by atoms with van der Waals surface area (Å²) in [5.74, 6) is 0.643. The SMILES string of the molecule is COC(C[C@H](C)CC(C)(C)C)OC. The first kappa shape index (κ1) is 12.9. The number of ether oxygens (including phenoxy) is 2. The molecule has 0 spiro atoms. The van der Waals surface area contributed by atoms with Gasteiger partial charge in [0.2, 0.25) is 0 Å². The largest absolute Gasteiger partial charge is 0.356 e. The molecule has 0 bridgehead atoms. The molecule has 0 aromatic rings. The second-order valence-electron chi connectivity index (χ2n) is 5.01. The third-order valence-corrected chi connectivity index (χ3v) is 2.08. The van der Waals surface area contributed by atoms with Gasteiger partial charge < -0.3 is 9.47 Å². The maximum atomic E-state index is 5.16. The van der Waals surface area contributed by atoms with Gasteiger partial charge in [-0.15, -0.1) is 0 Å². The van der Waals surface area contributed by atoms with E-state index >= 15 is 0 Å². The Morgan fingerprint density at radius 1 is 1.08 bits per heavy atom. The van der Waals surface area contributed by atoms with Gasteiger partial charge in [0, 0.05) is 20.6 Å². The van der Waals surface area contributed by atoms with Crippen molar-refractivity contribution in [3.8, 4) is 0 Å². The summed E-state index contributed by atoms with van der Waals surface area (Å²) in [5.41, 5.74) is 0.394. The topological polar surface area (TPSA) is 18.5 Å². The molecule has 0 rings (SSSR count). The molecule has 0 aliphatic carbocycles. The summed E-state index contributed by atoms with van der Waals surface area (Å²) in [6, 6.07) is 0. The first-order valence-electron chi connectivity index (χ1n) is 4.94. The van der Waals surface area contributed by atoms with Crippen molar-refractivity contribution in [3.63, 3.8) is 0 Å². The Kier molecular flexibility index (Phi) is 5.57. The van der Waals surface area contributed by atoms with Crippen LogP contribution in [0, 0.1) is 11.3 Å². The van der Waals surface area contributed by atoms with E-state index in [0.717, 1.165) is 6.42 Å². The molecule has 0 aromatic heterocycles. The first-order chi connectivity index (χ1) is 5.89. The van der Waals surface area contributed by atoms with Gasteiger partial charge in [0.15, 0.2) is 6.29 Å². The lowest BCUT2D eigenvalue weighted by Crippen LogP contribution is -2.20. The van der Waals surface area contributed by atoms with Crippen molar-refractivity contribution in [2.75, 3.05) is 14.2 Å². The smallest absolute Gasteiger partial charge is 0.157 e. The molecule has 80 valence electrons. The lowest BCUT2D eigenvalue weighted by molar-refractivity contribution is -0.114.